The molecule has 2 aromatic carbocycles. The Kier molecular flexibility index (Phi) is 5.18. The molecule has 2 nitrogen and oxygen atoms in total. The van der Waals surface area contributed by atoms with Crippen LogP contribution in [0, 0.1) is 0 Å². The van der Waals surface area contributed by atoms with Crippen LogP contribution in [0.5, 0.6) is 0 Å². The maximum atomic E-state index is 12.3. The molecule has 1 N–H and O–H groups in total. The number of carbonyl (C=O) groups excluding carboxylic acids is 1. The number of Topliss-reactive ketones (excluding diaryl/α,β-unsaturated/α-hetero) is 1. The Morgan fingerprint density at radius 2 is 1.40 bits per heavy atom. The molecule has 0 aliphatic rings. The normalized spacial score (nSPS) is 11.9. The minimum atomic E-state index is -0.274. The van der Waals surface area contributed by atoms with E-state index in [2.05, 4.69) is 47.8 Å². The van der Waals surface area contributed by atoms with Gasteiger partial charge in [-0.15, -0.1) is 0 Å². The van der Waals surface area contributed by atoms with Crippen LogP contribution in [0.1, 0.15) is 15.9 Å². The topological polar surface area (TPSA) is 37.3 Å². The smallest absolute Gasteiger partial charge is 0.203 e. The SMILES string of the molecule is O=C(C(Br)=C(O)c1cccc(Br)c1)c1cccc(Br)c1. The quantitative estimate of drug-likeness (QED) is 0.361. The summed E-state index contributed by atoms with van der Waals surface area (Å²) < 4.78 is 1.77. The fourth-order valence-corrected chi connectivity index (χ4v) is 2.88. The van der Waals surface area contributed by atoms with Crippen LogP contribution in [-0.4, -0.2) is 10.9 Å². The number of hydrogen-bond acceptors (Lipinski definition) is 2. The van der Waals surface area contributed by atoms with Crippen molar-refractivity contribution in [1.82, 2.24) is 0 Å². The second-order valence-electron chi connectivity index (χ2n) is 4.01. The van der Waals surface area contributed by atoms with Crippen LogP contribution >= 0.6 is 47.8 Å². The first-order valence-corrected chi connectivity index (χ1v) is 8.02. The number of aliphatic hydroxyl groups excluding tert-OH is 1. The van der Waals surface area contributed by atoms with E-state index in [1.165, 1.54) is 0 Å². The fraction of sp³-hybridized carbons (Fsp3) is 0. The van der Waals surface area contributed by atoms with Gasteiger partial charge in [0.05, 0.1) is 0 Å². The summed E-state index contributed by atoms with van der Waals surface area (Å²) in [6, 6.07) is 14.1. The van der Waals surface area contributed by atoms with Gasteiger partial charge in [-0.3, -0.25) is 4.79 Å². The Hall–Kier alpha value is -0.910. The molecule has 0 atom stereocenters. The minimum Gasteiger partial charge on any atom is -0.506 e. The van der Waals surface area contributed by atoms with Crippen molar-refractivity contribution in [3.05, 3.63) is 73.1 Å². The molecule has 102 valence electrons. The zero-order valence-corrected chi connectivity index (χ0v) is 14.9. The molecular formula is C15H9Br3O2. The standard InChI is InChI=1S/C15H9Br3O2/c16-11-5-1-3-9(7-11)14(19)13(18)15(20)10-4-2-6-12(17)8-10/h1-8,19H. The van der Waals surface area contributed by atoms with Gasteiger partial charge in [0, 0.05) is 20.1 Å². The first-order chi connectivity index (χ1) is 9.49. The van der Waals surface area contributed by atoms with Gasteiger partial charge in [-0.05, 0) is 40.2 Å². The van der Waals surface area contributed by atoms with Gasteiger partial charge < -0.3 is 5.11 Å². The van der Waals surface area contributed by atoms with Gasteiger partial charge in [0.15, 0.2) is 0 Å². The summed E-state index contributed by atoms with van der Waals surface area (Å²) in [6.45, 7) is 0. The maximum Gasteiger partial charge on any atom is 0.203 e. The lowest BCUT2D eigenvalue weighted by atomic mass is 10.1. The Labute approximate surface area is 141 Å². The van der Waals surface area contributed by atoms with E-state index in [1.54, 1.807) is 36.4 Å². The zero-order chi connectivity index (χ0) is 14.7. The molecule has 20 heavy (non-hydrogen) atoms. The molecule has 0 aliphatic carbocycles. The zero-order valence-electron chi connectivity index (χ0n) is 10.1. The predicted molar refractivity (Wildman–Crippen MR) is 91.1 cm³/mol. The third-order valence-electron chi connectivity index (χ3n) is 2.59. The molecule has 5 heteroatoms. The number of halogens is 3. The van der Waals surface area contributed by atoms with Gasteiger partial charge in [-0.1, -0.05) is 56.1 Å². The van der Waals surface area contributed by atoms with Crippen molar-refractivity contribution >= 4 is 59.3 Å². The van der Waals surface area contributed by atoms with E-state index in [0.29, 0.717) is 11.1 Å². The molecular weight excluding hydrogens is 452 g/mol. The van der Waals surface area contributed by atoms with E-state index in [0.717, 1.165) is 8.95 Å². The Morgan fingerprint density at radius 3 is 1.95 bits per heavy atom. The van der Waals surface area contributed by atoms with Gasteiger partial charge in [-0.25, -0.2) is 0 Å². The summed E-state index contributed by atoms with van der Waals surface area (Å²) in [7, 11) is 0. The van der Waals surface area contributed by atoms with Crippen LogP contribution in [0.15, 0.2) is 62.0 Å². The number of hydrogen-bond donors (Lipinski definition) is 1. The second kappa shape index (κ2) is 6.70. The number of rotatable bonds is 3. The highest BCUT2D eigenvalue weighted by atomic mass is 79.9. The van der Waals surface area contributed by atoms with Crippen molar-refractivity contribution in [2.24, 2.45) is 0 Å². The number of ketones is 1. The van der Waals surface area contributed by atoms with Gasteiger partial charge in [0.1, 0.15) is 10.2 Å². The molecule has 0 saturated carbocycles. The van der Waals surface area contributed by atoms with Gasteiger partial charge in [0.25, 0.3) is 0 Å². The van der Waals surface area contributed by atoms with E-state index >= 15 is 0 Å². The lowest BCUT2D eigenvalue weighted by Gasteiger charge is -2.06. The van der Waals surface area contributed by atoms with Gasteiger partial charge in [-0.2, -0.15) is 0 Å². The summed E-state index contributed by atoms with van der Waals surface area (Å²) in [5.41, 5.74) is 1.06. The van der Waals surface area contributed by atoms with Crippen LogP contribution in [0.2, 0.25) is 0 Å². The lowest BCUT2D eigenvalue weighted by molar-refractivity contribution is 0.104. The van der Waals surface area contributed by atoms with Crippen molar-refractivity contribution in [1.29, 1.82) is 0 Å². The third-order valence-corrected chi connectivity index (χ3v) is 4.31. The predicted octanol–water partition coefficient (Wildman–Crippen LogP) is 5.72. The van der Waals surface area contributed by atoms with Crippen LogP contribution in [0.3, 0.4) is 0 Å². The molecule has 0 spiro atoms. The van der Waals surface area contributed by atoms with Crippen LogP contribution < -0.4 is 0 Å². The average molecular weight is 461 g/mol. The second-order valence-corrected chi connectivity index (χ2v) is 6.64. The molecule has 0 saturated heterocycles. The Morgan fingerprint density at radius 1 is 0.900 bits per heavy atom. The minimum absolute atomic E-state index is 0.0868. The maximum absolute atomic E-state index is 12.3. The number of benzene rings is 2. The highest BCUT2D eigenvalue weighted by Crippen LogP contribution is 2.26. The van der Waals surface area contributed by atoms with Crippen molar-refractivity contribution < 1.29 is 9.90 Å². The molecule has 0 aromatic heterocycles. The number of aliphatic hydroxyl groups is 1. The van der Waals surface area contributed by atoms with E-state index in [9.17, 15) is 9.90 Å². The molecule has 2 aromatic rings. The Balaban J connectivity index is 2.41. The van der Waals surface area contributed by atoms with Crippen molar-refractivity contribution in [3.63, 3.8) is 0 Å². The van der Waals surface area contributed by atoms with E-state index in [4.69, 9.17) is 0 Å². The largest absolute Gasteiger partial charge is 0.506 e. The fourth-order valence-electron chi connectivity index (χ4n) is 1.63. The summed E-state index contributed by atoms with van der Waals surface area (Å²) in [5, 5.41) is 10.2. The highest BCUT2D eigenvalue weighted by Gasteiger charge is 2.16. The molecule has 0 unspecified atom stereocenters. The monoisotopic (exact) mass is 458 g/mol. The van der Waals surface area contributed by atoms with Crippen LogP contribution in [0.4, 0.5) is 0 Å². The molecule has 0 fully saturated rings. The van der Waals surface area contributed by atoms with E-state index < -0.39 is 0 Å². The molecule has 0 aliphatic heterocycles. The molecule has 2 rings (SSSR count). The van der Waals surface area contributed by atoms with Gasteiger partial charge >= 0.3 is 0 Å². The van der Waals surface area contributed by atoms with Gasteiger partial charge in [0.2, 0.25) is 5.78 Å². The number of carbonyl (C=O) groups is 1. The average Bonchev–Trinajstić information content (AvgIpc) is 2.45. The van der Waals surface area contributed by atoms with Crippen molar-refractivity contribution in [3.8, 4) is 0 Å². The van der Waals surface area contributed by atoms with Crippen molar-refractivity contribution in [2.45, 2.75) is 0 Å². The summed E-state index contributed by atoms with van der Waals surface area (Å²) in [6.07, 6.45) is 0. The molecule has 0 amide bonds. The first kappa shape index (κ1) is 15.5. The third kappa shape index (κ3) is 3.59. The molecule has 0 radical (unpaired) electrons. The molecule has 0 bridgehead atoms. The first-order valence-electron chi connectivity index (χ1n) is 5.64. The van der Waals surface area contributed by atoms with Crippen LogP contribution in [0.25, 0.3) is 5.76 Å². The summed E-state index contributed by atoms with van der Waals surface area (Å²) in [4.78, 5) is 12.3. The highest BCUT2D eigenvalue weighted by molar-refractivity contribution is 9.12. The summed E-state index contributed by atoms with van der Waals surface area (Å²) >= 11 is 9.83. The van der Waals surface area contributed by atoms with E-state index in [1.807, 2.05) is 12.1 Å². The number of allylic oxidation sites excluding steroid dienone is 1. The van der Waals surface area contributed by atoms with E-state index in [-0.39, 0.29) is 16.0 Å². The summed E-state index contributed by atoms with van der Waals surface area (Å²) in [5.74, 6) is -0.361. The lowest BCUT2D eigenvalue weighted by Crippen LogP contribution is -2.01. The Bertz CT molecular complexity index is 693. The molecule has 0 heterocycles. The van der Waals surface area contributed by atoms with Crippen molar-refractivity contribution in [2.75, 3.05) is 0 Å². The van der Waals surface area contributed by atoms with Crippen LogP contribution in [-0.2, 0) is 0 Å².